The van der Waals surface area contributed by atoms with Gasteiger partial charge in [0.1, 0.15) is 17.3 Å². The van der Waals surface area contributed by atoms with E-state index in [-0.39, 0.29) is 5.69 Å². The van der Waals surface area contributed by atoms with E-state index in [1.165, 1.54) is 0 Å². The Bertz CT molecular complexity index is 1290. The fraction of sp³-hybridized carbons (Fsp3) is 0.208. The van der Waals surface area contributed by atoms with Crippen molar-refractivity contribution in [2.75, 3.05) is 19.0 Å². The Labute approximate surface area is 184 Å². The van der Waals surface area contributed by atoms with E-state index in [1.54, 1.807) is 23.9 Å². The van der Waals surface area contributed by atoms with E-state index in [1.807, 2.05) is 48.5 Å². The number of ether oxygens (including phenoxy) is 2. The summed E-state index contributed by atoms with van der Waals surface area (Å²) in [7, 11) is 1.58. The molecule has 1 saturated carbocycles. The highest BCUT2D eigenvalue weighted by atomic mass is 16.5. The number of H-pyrrole nitrogens is 1. The van der Waals surface area contributed by atoms with Gasteiger partial charge in [0.05, 0.1) is 18.5 Å². The molecule has 0 saturated heterocycles. The molecule has 32 heavy (non-hydrogen) atoms. The van der Waals surface area contributed by atoms with Crippen molar-refractivity contribution >= 4 is 28.6 Å². The van der Waals surface area contributed by atoms with Crippen LogP contribution in [-0.4, -0.2) is 40.4 Å². The predicted octanol–water partition coefficient (Wildman–Crippen LogP) is 4.04. The van der Waals surface area contributed by atoms with Gasteiger partial charge in [-0.3, -0.25) is 4.79 Å². The maximum absolute atomic E-state index is 12.5. The van der Waals surface area contributed by atoms with Crippen LogP contribution in [0.5, 0.6) is 5.75 Å². The minimum Gasteiger partial charge on any atom is -0.497 e. The number of amides is 1. The van der Waals surface area contributed by atoms with Crippen LogP contribution in [0.25, 0.3) is 16.6 Å². The van der Waals surface area contributed by atoms with Gasteiger partial charge in [-0.25, -0.2) is 9.48 Å². The Morgan fingerprint density at radius 1 is 1.12 bits per heavy atom. The molecule has 162 valence electrons. The summed E-state index contributed by atoms with van der Waals surface area (Å²) in [4.78, 5) is 28.0. The summed E-state index contributed by atoms with van der Waals surface area (Å²) in [6.45, 7) is -0.406. The Balaban J connectivity index is 1.26. The van der Waals surface area contributed by atoms with Crippen LogP contribution in [-0.2, 0) is 9.53 Å². The van der Waals surface area contributed by atoms with Gasteiger partial charge in [-0.1, -0.05) is 18.2 Å². The van der Waals surface area contributed by atoms with Crippen LogP contribution in [0, 0.1) is 0 Å². The van der Waals surface area contributed by atoms with E-state index in [2.05, 4.69) is 15.4 Å². The molecule has 2 aromatic heterocycles. The summed E-state index contributed by atoms with van der Waals surface area (Å²) in [5, 5.41) is 8.32. The van der Waals surface area contributed by atoms with Crippen molar-refractivity contribution in [2.45, 2.75) is 18.8 Å². The molecular formula is C24H22N4O4. The van der Waals surface area contributed by atoms with E-state index >= 15 is 0 Å². The summed E-state index contributed by atoms with van der Waals surface area (Å²) in [5.41, 5.74) is 2.82. The fourth-order valence-corrected chi connectivity index (χ4v) is 3.56. The third kappa shape index (κ3) is 4.07. The van der Waals surface area contributed by atoms with Crippen molar-refractivity contribution in [3.8, 4) is 11.4 Å². The predicted molar refractivity (Wildman–Crippen MR) is 119 cm³/mol. The molecule has 0 radical (unpaired) electrons. The molecule has 2 N–H and O–H groups in total. The first-order valence-corrected chi connectivity index (χ1v) is 10.4. The van der Waals surface area contributed by atoms with E-state index in [9.17, 15) is 9.59 Å². The number of aromatic amines is 1. The van der Waals surface area contributed by atoms with Gasteiger partial charge in [0, 0.05) is 29.0 Å². The van der Waals surface area contributed by atoms with Crippen LogP contribution in [0.3, 0.4) is 0 Å². The topological polar surface area (TPSA) is 98.2 Å². The number of aromatic nitrogens is 3. The van der Waals surface area contributed by atoms with E-state index < -0.39 is 18.5 Å². The lowest BCUT2D eigenvalue weighted by molar-refractivity contribution is -0.119. The summed E-state index contributed by atoms with van der Waals surface area (Å²) < 4.78 is 12.1. The van der Waals surface area contributed by atoms with Gasteiger partial charge in [0.25, 0.3) is 5.91 Å². The van der Waals surface area contributed by atoms with Crippen LogP contribution in [0.1, 0.15) is 34.9 Å². The monoisotopic (exact) mass is 430 g/mol. The highest BCUT2D eigenvalue weighted by molar-refractivity contribution is 5.97. The first kappa shape index (κ1) is 19.9. The Hall–Kier alpha value is -4.07. The van der Waals surface area contributed by atoms with Gasteiger partial charge in [-0.15, -0.1) is 0 Å². The zero-order valence-electron chi connectivity index (χ0n) is 17.5. The number of hydrogen-bond donors (Lipinski definition) is 2. The first-order chi connectivity index (χ1) is 15.6. The lowest BCUT2D eigenvalue weighted by Gasteiger charge is -2.09. The minimum atomic E-state index is -0.606. The normalized spacial score (nSPS) is 13.2. The van der Waals surface area contributed by atoms with Crippen molar-refractivity contribution in [3.05, 3.63) is 72.1 Å². The first-order valence-electron chi connectivity index (χ1n) is 10.4. The summed E-state index contributed by atoms with van der Waals surface area (Å²) in [6, 6.07) is 18.6. The van der Waals surface area contributed by atoms with Gasteiger partial charge >= 0.3 is 5.97 Å². The molecule has 8 nitrogen and oxygen atoms in total. The summed E-state index contributed by atoms with van der Waals surface area (Å²) in [5.74, 6) is 0.631. The number of hydrogen-bond acceptors (Lipinski definition) is 5. The molecule has 1 aliphatic carbocycles. The van der Waals surface area contributed by atoms with Crippen molar-refractivity contribution in [1.29, 1.82) is 0 Å². The zero-order valence-corrected chi connectivity index (χ0v) is 17.5. The number of fused-ring (bicyclic) bond motifs is 1. The third-order valence-electron chi connectivity index (χ3n) is 5.38. The van der Waals surface area contributed by atoms with E-state index in [0.29, 0.717) is 17.5 Å². The number of para-hydroxylation sites is 1. The largest absolute Gasteiger partial charge is 0.497 e. The van der Waals surface area contributed by atoms with E-state index in [4.69, 9.17) is 9.47 Å². The molecule has 1 aliphatic rings. The molecule has 4 aromatic rings. The second-order valence-electron chi connectivity index (χ2n) is 7.74. The third-order valence-corrected chi connectivity index (χ3v) is 5.38. The minimum absolute atomic E-state index is 0.270. The number of esters is 1. The number of carbonyl (C=O) groups excluding carboxylic acids is 2. The maximum atomic E-state index is 12.5. The molecule has 0 aliphatic heterocycles. The van der Waals surface area contributed by atoms with Gasteiger partial charge in [0.2, 0.25) is 0 Å². The molecule has 8 heteroatoms. The molecule has 2 heterocycles. The van der Waals surface area contributed by atoms with Crippen LogP contribution in [0.4, 0.5) is 5.82 Å². The summed E-state index contributed by atoms with van der Waals surface area (Å²) >= 11 is 0. The van der Waals surface area contributed by atoms with E-state index in [0.717, 1.165) is 35.1 Å². The quantitative estimate of drug-likeness (QED) is 0.431. The highest BCUT2D eigenvalue weighted by Crippen LogP contribution is 2.40. The van der Waals surface area contributed by atoms with Gasteiger partial charge in [-0.05, 0) is 43.2 Å². The number of anilines is 1. The Kier molecular flexibility index (Phi) is 5.10. The molecule has 2 aromatic carbocycles. The molecule has 0 bridgehead atoms. The van der Waals surface area contributed by atoms with Gasteiger partial charge in [-0.2, -0.15) is 5.10 Å². The number of nitrogens with one attached hydrogen (secondary N) is 2. The standard InChI is InChI=1S/C24H22N4O4/c1-31-18-10-9-16-11-21(25-19(16)12-18)24(30)32-14-23(29)26-22-13-20(15-7-8-15)27-28(22)17-5-3-2-4-6-17/h2-6,9-13,15,25H,7-8,14H2,1H3,(H,26,29). The number of benzene rings is 2. The fourth-order valence-electron chi connectivity index (χ4n) is 3.56. The van der Waals surface area contributed by atoms with Crippen molar-refractivity contribution < 1.29 is 19.1 Å². The number of carbonyl (C=O) groups is 2. The lowest BCUT2D eigenvalue weighted by Crippen LogP contribution is -2.22. The molecule has 0 atom stereocenters. The molecule has 0 unspecified atom stereocenters. The highest BCUT2D eigenvalue weighted by Gasteiger charge is 2.28. The Morgan fingerprint density at radius 3 is 2.69 bits per heavy atom. The smallest absolute Gasteiger partial charge is 0.355 e. The average Bonchev–Trinajstić information content (AvgIpc) is 3.45. The van der Waals surface area contributed by atoms with Crippen LogP contribution < -0.4 is 10.1 Å². The van der Waals surface area contributed by atoms with Gasteiger partial charge < -0.3 is 19.8 Å². The maximum Gasteiger partial charge on any atom is 0.355 e. The number of rotatable bonds is 7. The summed E-state index contributed by atoms with van der Waals surface area (Å²) in [6.07, 6.45) is 2.21. The van der Waals surface area contributed by atoms with Gasteiger partial charge in [0.15, 0.2) is 6.61 Å². The molecule has 5 rings (SSSR count). The van der Waals surface area contributed by atoms with Crippen LogP contribution in [0.15, 0.2) is 60.7 Å². The zero-order chi connectivity index (χ0) is 22.1. The van der Waals surface area contributed by atoms with Crippen molar-refractivity contribution in [1.82, 2.24) is 14.8 Å². The second kappa shape index (κ2) is 8.22. The van der Waals surface area contributed by atoms with Crippen LogP contribution >= 0.6 is 0 Å². The second-order valence-corrected chi connectivity index (χ2v) is 7.74. The molecule has 1 amide bonds. The molecule has 1 fully saturated rings. The van der Waals surface area contributed by atoms with Crippen molar-refractivity contribution in [3.63, 3.8) is 0 Å². The average molecular weight is 430 g/mol. The lowest BCUT2D eigenvalue weighted by atomic mass is 10.2. The molecular weight excluding hydrogens is 408 g/mol. The number of nitrogens with zero attached hydrogens (tertiary/aromatic N) is 2. The van der Waals surface area contributed by atoms with Crippen LogP contribution in [0.2, 0.25) is 0 Å². The SMILES string of the molecule is COc1ccc2cc(C(=O)OCC(=O)Nc3cc(C4CC4)nn3-c3ccccc3)[nH]c2c1. The Morgan fingerprint density at radius 2 is 1.94 bits per heavy atom. The number of methoxy groups -OCH3 is 1. The van der Waals surface area contributed by atoms with Crippen molar-refractivity contribution in [2.24, 2.45) is 0 Å². The molecule has 0 spiro atoms.